The number of rotatable bonds is 11. The van der Waals surface area contributed by atoms with E-state index in [0.717, 1.165) is 137 Å². The quantitative estimate of drug-likeness (QED) is 0.0249. The zero-order valence-electron chi connectivity index (χ0n) is 60.6. The first kappa shape index (κ1) is 82.9. The number of thiocarbonyl (C=S) groups is 1. The van der Waals surface area contributed by atoms with Crippen molar-refractivity contribution in [2.45, 2.75) is 89.5 Å². The second-order valence-electron chi connectivity index (χ2n) is 25.5. The van der Waals surface area contributed by atoms with Gasteiger partial charge < -0.3 is 66.7 Å². The molecule has 0 saturated carbocycles. The lowest BCUT2D eigenvalue weighted by Gasteiger charge is -2.32. The van der Waals surface area contributed by atoms with Gasteiger partial charge in [0.15, 0.2) is 11.7 Å². The second kappa shape index (κ2) is 35.8. The summed E-state index contributed by atoms with van der Waals surface area (Å²) >= 11 is 14.6. The number of carbonyl (C=O) groups is 8. The van der Waals surface area contributed by atoms with Crippen LogP contribution >= 0.6 is 70.2 Å². The first-order valence-corrected chi connectivity index (χ1v) is 36.9. The number of hydrogen-bond donors (Lipinski definition) is 10. The van der Waals surface area contributed by atoms with Gasteiger partial charge in [-0.05, 0) is 165 Å². The smallest absolute Gasteiger partial charge is 0.337 e. The highest BCUT2D eigenvalue weighted by Crippen LogP contribution is 2.40. The van der Waals surface area contributed by atoms with Crippen molar-refractivity contribution >= 4 is 169 Å². The molecule has 4 aromatic carbocycles. The average Bonchev–Trinajstić information content (AvgIpc) is 1.63. The number of fused-ring (bicyclic) bond motifs is 4. The number of alkyl halides is 1. The number of aromatic nitrogens is 6. The Morgan fingerprint density at radius 1 is 0.574 bits per heavy atom. The third kappa shape index (κ3) is 19.2. The summed E-state index contributed by atoms with van der Waals surface area (Å²) in [6, 6.07) is 22.8. The number of aromatic amines is 3. The van der Waals surface area contributed by atoms with Gasteiger partial charge >= 0.3 is 11.9 Å². The van der Waals surface area contributed by atoms with Gasteiger partial charge in [-0.3, -0.25) is 28.8 Å². The van der Waals surface area contributed by atoms with E-state index < -0.39 is 11.9 Å². The number of piperazine rings is 1. The molecule has 6 aromatic heterocycles. The molecular formula is C78H83Cl2N13O11S4. The number of H-pyrrole nitrogens is 3. The number of Topliss-reactive ketones (excluding diaryl/α,β-unsaturated/α-hetero) is 1. The topological polar surface area (TPSA) is 353 Å². The molecule has 0 aliphatic carbocycles. The van der Waals surface area contributed by atoms with Crippen molar-refractivity contribution in [3.63, 3.8) is 0 Å². The number of benzene rings is 4. The van der Waals surface area contributed by atoms with Crippen molar-refractivity contribution in [1.82, 2.24) is 39.7 Å². The predicted octanol–water partition coefficient (Wildman–Crippen LogP) is 15.1. The molecule has 0 radical (unpaired) electrons. The summed E-state index contributed by atoms with van der Waals surface area (Å²) in [5.74, 6) is -1.80. The van der Waals surface area contributed by atoms with Crippen LogP contribution < -0.4 is 31.7 Å². The SMILES string of the molecule is C.CC(N)=S.COc1[nH]c(C)c(C(=O)O)c1C.Cc1nc(-c2ccc3c(c2)/C(=C/c2[nH]c(C)c(C(=O)N4CCN(C)CC4)c2C)C(=O)N3)cs1.Cc1nc(-c2ccc3c(c2)/C(=C/c2[nH]c(C)c(C(=O)O)c2C)C(=O)N3)cs1.Cc1nc(-c2ccc3c(c2)CC(=O)N3)cs1.Cl.O=C1Cc2cc(C(=O)CCl)ccc2N1. The van der Waals surface area contributed by atoms with Crippen molar-refractivity contribution in [3.8, 4) is 39.7 Å². The summed E-state index contributed by atoms with van der Waals surface area (Å²) in [5.41, 5.74) is 25.9. The lowest BCUT2D eigenvalue weighted by molar-refractivity contribution is -0.115. The second-order valence-corrected chi connectivity index (χ2v) is 29.6. The van der Waals surface area contributed by atoms with Crippen molar-refractivity contribution < 1.29 is 53.3 Å². The van der Waals surface area contributed by atoms with Crippen molar-refractivity contribution in [2.24, 2.45) is 5.73 Å². The molecule has 5 amide bonds. The van der Waals surface area contributed by atoms with E-state index in [-0.39, 0.29) is 66.6 Å². The van der Waals surface area contributed by atoms with Crippen LogP contribution in [0.4, 0.5) is 22.7 Å². The lowest BCUT2D eigenvalue weighted by atomic mass is 10.0. The Morgan fingerprint density at radius 2 is 0.963 bits per heavy atom. The number of halogens is 2. The standard InChI is InChI=1S/C25H27N5O2S.C20H17N3O3S.C12H10N2OS.C10H8ClNO2.C8H11NO3.C2H5NS.CH4.ClH/c1-14-21(26-15(2)23(14)25(32)30-9-7-29(4)8-10-30)12-19-18-11-17(22-13-33-16(3)27-22)5-6-20(18)28-24(19)31;1-9-16(21-10(2)18(9)20(25)26)7-14-13-6-12(17-8-27-11(3)22-17)4-5-15(13)23-19(14)24;1-7-13-11(6-16-7)8-2-3-10-9(4-8)5-12(15)14-10;11-5-9(13)6-1-2-8-7(3-6)4-10(14)12-8;1-4-6(8(10)11)5(2)9-7(4)12-3;1-2(3)4;;/h5-6,11-13,26H,7-10H2,1-4H3,(H,28,31);4-8,21H,1-3H3,(H,23,24)(H,25,26);2-4,6H,5H2,1H3,(H,14,15);1-3H,4-5H2,(H,12,14);9H,1-3H3,(H,10,11);1H3,(H2,3,4);1H4;1H/b19-12-;14-7-;;;;;;. The molecule has 564 valence electrons. The number of aryl methyl sites for hydroxylation is 6. The monoisotopic (exact) mass is 1580 g/mol. The number of likely N-dealkylation sites (N-methyl/N-ethyl adjacent to an activating group) is 1. The number of anilines is 4. The maximum atomic E-state index is 13.2. The minimum atomic E-state index is -0.983. The predicted molar refractivity (Wildman–Crippen MR) is 437 cm³/mol. The molecule has 0 atom stereocenters. The first-order valence-electron chi connectivity index (χ1n) is 33.3. The molecule has 15 rings (SSSR count). The number of methoxy groups -OCH3 is 1. The van der Waals surface area contributed by atoms with Crippen LogP contribution in [0.2, 0.25) is 0 Å². The third-order valence-electron chi connectivity index (χ3n) is 17.8. The van der Waals surface area contributed by atoms with Crippen molar-refractivity contribution in [1.29, 1.82) is 0 Å². The average molecular weight is 1580 g/mol. The summed E-state index contributed by atoms with van der Waals surface area (Å²) in [6.07, 6.45) is 4.40. The normalized spacial score (nSPS) is 14.1. The van der Waals surface area contributed by atoms with E-state index >= 15 is 0 Å². The summed E-state index contributed by atoms with van der Waals surface area (Å²) in [6.45, 7) is 21.5. The van der Waals surface area contributed by atoms with E-state index in [1.54, 1.807) is 92.9 Å². The molecule has 0 unspecified atom stereocenters. The number of aromatic carboxylic acids is 2. The van der Waals surface area contributed by atoms with Crippen LogP contribution in [0.25, 0.3) is 57.1 Å². The van der Waals surface area contributed by atoms with Gasteiger partial charge in [0.05, 0.1) is 90.8 Å². The van der Waals surface area contributed by atoms with E-state index in [1.807, 2.05) is 116 Å². The van der Waals surface area contributed by atoms with Crippen LogP contribution in [0.15, 0.2) is 88.9 Å². The highest BCUT2D eigenvalue weighted by molar-refractivity contribution is 7.80. The highest BCUT2D eigenvalue weighted by Gasteiger charge is 2.31. The summed E-state index contributed by atoms with van der Waals surface area (Å²) < 4.78 is 4.94. The fraction of sp³-hybridized carbons (Fsp3) is 0.256. The van der Waals surface area contributed by atoms with Crippen LogP contribution in [0, 0.1) is 62.3 Å². The summed E-state index contributed by atoms with van der Waals surface area (Å²) in [4.78, 5) is 122. The number of amides is 5. The Labute approximate surface area is 653 Å². The largest absolute Gasteiger partial charge is 0.482 e. The van der Waals surface area contributed by atoms with Gasteiger partial charge in [-0.25, -0.2) is 24.5 Å². The number of carboxylic acids is 2. The molecule has 1 fully saturated rings. The van der Waals surface area contributed by atoms with Crippen LogP contribution in [-0.4, -0.2) is 148 Å². The number of ether oxygens (including phenoxy) is 1. The Kier molecular flexibility index (Phi) is 27.5. The number of thiazole rings is 3. The number of nitrogens with one attached hydrogen (secondary N) is 7. The molecular weight excluding hydrogens is 1490 g/mol. The molecule has 1 saturated heterocycles. The maximum Gasteiger partial charge on any atom is 0.337 e. The number of nitrogens with zero attached hydrogens (tertiary/aromatic N) is 5. The first-order chi connectivity index (χ1) is 50.4. The maximum absolute atomic E-state index is 13.2. The van der Waals surface area contributed by atoms with Gasteiger partial charge in [0, 0.05) is 132 Å². The van der Waals surface area contributed by atoms with Gasteiger partial charge in [0.25, 0.3) is 17.7 Å². The molecule has 11 heterocycles. The molecule has 5 aliphatic heterocycles. The van der Waals surface area contributed by atoms with Crippen LogP contribution in [0.3, 0.4) is 0 Å². The van der Waals surface area contributed by atoms with E-state index in [4.69, 9.17) is 27.2 Å². The van der Waals surface area contributed by atoms with Gasteiger partial charge in [-0.1, -0.05) is 37.8 Å². The fourth-order valence-corrected chi connectivity index (χ4v) is 14.5. The third-order valence-corrected chi connectivity index (χ3v) is 20.4. The van der Waals surface area contributed by atoms with Crippen LogP contribution in [0.5, 0.6) is 5.88 Å². The van der Waals surface area contributed by atoms with Crippen LogP contribution in [0.1, 0.15) is 138 Å². The van der Waals surface area contributed by atoms with E-state index in [0.29, 0.717) is 79.8 Å². The molecule has 10 aromatic rings. The van der Waals surface area contributed by atoms with E-state index in [1.165, 1.54) is 7.11 Å². The molecule has 30 heteroatoms. The van der Waals surface area contributed by atoms with Gasteiger partial charge in [-0.15, -0.1) is 58.0 Å². The lowest BCUT2D eigenvalue weighted by Crippen LogP contribution is -2.47. The molecule has 11 N–H and O–H groups in total. The summed E-state index contributed by atoms with van der Waals surface area (Å²) in [5, 5.41) is 38.6. The molecule has 24 nitrogen and oxygen atoms in total. The summed E-state index contributed by atoms with van der Waals surface area (Å²) in [7, 11) is 3.58. The van der Waals surface area contributed by atoms with E-state index in [9.17, 15) is 43.5 Å². The zero-order chi connectivity index (χ0) is 76.7. The Bertz CT molecular complexity index is 5240. The molecule has 5 aliphatic rings. The molecule has 0 spiro atoms. The van der Waals surface area contributed by atoms with Crippen LogP contribution in [-0.2, 0) is 32.0 Å². The Hall–Kier alpha value is -10.7. The number of nitrogens with two attached hydrogens (primary N) is 1. The van der Waals surface area contributed by atoms with Crippen molar-refractivity contribution in [2.75, 3.05) is 67.5 Å². The van der Waals surface area contributed by atoms with Crippen molar-refractivity contribution in [3.05, 3.63) is 194 Å². The van der Waals surface area contributed by atoms with Gasteiger partial charge in [0.1, 0.15) is 0 Å². The van der Waals surface area contributed by atoms with Gasteiger partial charge in [-0.2, -0.15) is 0 Å². The van der Waals surface area contributed by atoms with Gasteiger partial charge in [0.2, 0.25) is 11.8 Å². The Morgan fingerprint density at radius 3 is 1.35 bits per heavy atom. The number of hydrogen-bond acceptors (Lipinski definition) is 17. The Balaban J connectivity index is 0.000000175. The number of carbonyl (C=O) groups excluding carboxylic acids is 6. The fourth-order valence-electron chi connectivity index (χ4n) is 12.5. The zero-order valence-corrected chi connectivity index (χ0v) is 65.4. The molecule has 0 bridgehead atoms. The minimum Gasteiger partial charge on any atom is -0.482 e. The molecule has 108 heavy (non-hydrogen) atoms. The highest BCUT2D eigenvalue weighted by atomic mass is 35.5. The number of ketones is 1. The minimum absolute atomic E-state index is 0. The van der Waals surface area contributed by atoms with E-state index in [2.05, 4.69) is 75.3 Å². The number of carboxylic acid groups (broad SMARTS) is 2.